The van der Waals surface area contributed by atoms with Crippen LogP contribution in [-0.4, -0.2) is 17.7 Å². The fraction of sp³-hybridized carbons (Fsp3) is 0.250. The summed E-state index contributed by atoms with van der Waals surface area (Å²) in [5.74, 6) is -2.40. The number of amides is 3. The zero-order chi connectivity index (χ0) is 14.0. The maximum absolute atomic E-state index is 11.8. The third-order valence-corrected chi connectivity index (χ3v) is 3.04. The van der Waals surface area contributed by atoms with Gasteiger partial charge in [0, 0.05) is 17.1 Å². The molecule has 3 amide bonds. The number of carbonyl (C=O) groups is 3. The summed E-state index contributed by atoms with van der Waals surface area (Å²) in [5.41, 5.74) is 5.75. The van der Waals surface area contributed by atoms with Crippen LogP contribution >= 0.6 is 11.6 Å². The summed E-state index contributed by atoms with van der Waals surface area (Å²) in [6.45, 7) is 1.82. The molecular weight excluding hydrogens is 270 g/mol. The predicted molar refractivity (Wildman–Crippen MR) is 69.2 cm³/mol. The summed E-state index contributed by atoms with van der Waals surface area (Å²) in [5, 5.41) is 3.13. The summed E-state index contributed by atoms with van der Waals surface area (Å²) in [6, 6.07) is 5.10. The third kappa shape index (κ3) is 3.03. The molecule has 1 aromatic carbocycles. The van der Waals surface area contributed by atoms with E-state index in [-0.39, 0.29) is 6.42 Å². The van der Waals surface area contributed by atoms with Crippen molar-refractivity contribution in [3.05, 3.63) is 28.8 Å². The Balaban J connectivity index is 2.03. The van der Waals surface area contributed by atoms with Crippen molar-refractivity contribution in [2.45, 2.75) is 13.3 Å². The van der Waals surface area contributed by atoms with Crippen LogP contribution in [0.25, 0.3) is 0 Å². The number of carbonyl (C=O) groups excluding carboxylic acids is 3. The molecule has 0 radical (unpaired) electrons. The van der Waals surface area contributed by atoms with Gasteiger partial charge in [0.05, 0.1) is 0 Å². The van der Waals surface area contributed by atoms with E-state index in [1.807, 2.05) is 6.92 Å². The van der Waals surface area contributed by atoms with Gasteiger partial charge >= 0.3 is 0 Å². The van der Waals surface area contributed by atoms with Crippen molar-refractivity contribution in [3.8, 4) is 0 Å². The van der Waals surface area contributed by atoms with E-state index in [9.17, 15) is 14.4 Å². The average Bonchev–Trinajstić information content (AvgIpc) is 2.65. The van der Waals surface area contributed by atoms with Crippen LogP contribution in [0.1, 0.15) is 12.0 Å². The first-order chi connectivity index (χ1) is 8.97. The van der Waals surface area contributed by atoms with Gasteiger partial charge in [-0.05, 0) is 24.6 Å². The molecular formula is C12H12ClN3O3. The molecule has 6 nitrogen and oxygen atoms in total. The van der Waals surface area contributed by atoms with E-state index in [1.165, 1.54) is 0 Å². The SMILES string of the molecule is Cc1ccc(Cl)cc1NC(=O)CC1C(=O)NNC1=O. The van der Waals surface area contributed by atoms with Crippen molar-refractivity contribution < 1.29 is 14.4 Å². The second-order valence-electron chi connectivity index (χ2n) is 4.24. The topological polar surface area (TPSA) is 87.3 Å². The zero-order valence-electron chi connectivity index (χ0n) is 10.1. The highest BCUT2D eigenvalue weighted by Crippen LogP contribution is 2.21. The van der Waals surface area contributed by atoms with Gasteiger partial charge in [0.2, 0.25) is 5.91 Å². The van der Waals surface area contributed by atoms with E-state index in [2.05, 4.69) is 16.2 Å². The number of hydrazine groups is 1. The second kappa shape index (κ2) is 5.27. The molecule has 0 aromatic heterocycles. The lowest BCUT2D eigenvalue weighted by atomic mass is 10.0. The Morgan fingerprint density at radius 1 is 1.32 bits per heavy atom. The lowest BCUT2D eigenvalue weighted by Gasteiger charge is -2.09. The predicted octanol–water partition coefficient (Wildman–Crippen LogP) is 0.754. The second-order valence-corrected chi connectivity index (χ2v) is 4.68. The van der Waals surface area contributed by atoms with Crippen molar-refractivity contribution in [3.63, 3.8) is 0 Å². The molecule has 19 heavy (non-hydrogen) atoms. The van der Waals surface area contributed by atoms with Crippen LogP contribution in [0.3, 0.4) is 0 Å². The van der Waals surface area contributed by atoms with E-state index < -0.39 is 23.6 Å². The maximum Gasteiger partial charge on any atom is 0.251 e. The van der Waals surface area contributed by atoms with Gasteiger partial charge in [-0.3, -0.25) is 25.2 Å². The Bertz CT molecular complexity index is 543. The van der Waals surface area contributed by atoms with Crippen LogP contribution in [-0.2, 0) is 14.4 Å². The average molecular weight is 282 g/mol. The molecule has 0 saturated carbocycles. The molecule has 1 aliphatic heterocycles. The van der Waals surface area contributed by atoms with Crippen LogP contribution in [0.15, 0.2) is 18.2 Å². The number of halogens is 1. The molecule has 1 fully saturated rings. The van der Waals surface area contributed by atoms with Gasteiger partial charge in [-0.25, -0.2) is 0 Å². The first kappa shape index (κ1) is 13.4. The van der Waals surface area contributed by atoms with Gasteiger partial charge in [-0.15, -0.1) is 0 Å². The fourth-order valence-corrected chi connectivity index (χ4v) is 1.89. The molecule has 0 unspecified atom stereocenters. The summed E-state index contributed by atoms with van der Waals surface area (Å²) < 4.78 is 0. The van der Waals surface area contributed by atoms with Crippen molar-refractivity contribution in [2.75, 3.05) is 5.32 Å². The van der Waals surface area contributed by atoms with Crippen LogP contribution in [0.5, 0.6) is 0 Å². The van der Waals surface area contributed by atoms with Crippen LogP contribution in [0.2, 0.25) is 5.02 Å². The summed E-state index contributed by atoms with van der Waals surface area (Å²) in [7, 11) is 0. The minimum atomic E-state index is -0.987. The zero-order valence-corrected chi connectivity index (χ0v) is 10.9. The highest BCUT2D eigenvalue weighted by Gasteiger charge is 2.34. The molecule has 1 aromatic rings. The lowest BCUT2D eigenvalue weighted by Crippen LogP contribution is -2.28. The smallest absolute Gasteiger partial charge is 0.251 e. The van der Waals surface area contributed by atoms with E-state index in [0.717, 1.165) is 5.56 Å². The molecule has 1 saturated heterocycles. The molecule has 1 aliphatic rings. The molecule has 7 heteroatoms. The maximum atomic E-state index is 11.8. The highest BCUT2D eigenvalue weighted by molar-refractivity contribution is 6.31. The van der Waals surface area contributed by atoms with Crippen molar-refractivity contribution in [1.82, 2.24) is 10.9 Å². The fourth-order valence-electron chi connectivity index (χ4n) is 1.72. The number of rotatable bonds is 3. The molecule has 0 aliphatic carbocycles. The van der Waals surface area contributed by atoms with Crippen molar-refractivity contribution >= 4 is 35.0 Å². The van der Waals surface area contributed by atoms with Gasteiger partial charge in [0.1, 0.15) is 5.92 Å². The number of benzene rings is 1. The monoisotopic (exact) mass is 281 g/mol. The van der Waals surface area contributed by atoms with Gasteiger partial charge < -0.3 is 5.32 Å². The van der Waals surface area contributed by atoms with E-state index in [1.54, 1.807) is 18.2 Å². The molecule has 3 N–H and O–H groups in total. The van der Waals surface area contributed by atoms with Gasteiger partial charge in [-0.1, -0.05) is 17.7 Å². The number of aryl methyl sites for hydroxylation is 1. The molecule has 0 bridgehead atoms. The third-order valence-electron chi connectivity index (χ3n) is 2.81. The molecule has 0 spiro atoms. The number of hydrogen-bond donors (Lipinski definition) is 3. The number of nitrogens with one attached hydrogen (secondary N) is 3. The van der Waals surface area contributed by atoms with Crippen molar-refractivity contribution in [1.29, 1.82) is 0 Å². The van der Waals surface area contributed by atoms with Crippen LogP contribution < -0.4 is 16.2 Å². The minimum absolute atomic E-state index is 0.205. The van der Waals surface area contributed by atoms with E-state index >= 15 is 0 Å². The first-order valence-corrected chi connectivity index (χ1v) is 6.01. The van der Waals surface area contributed by atoms with Gasteiger partial charge in [0.15, 0.2) is 0 Å². The Kier molecular flexibility index (Phi) is 3.71. The van der Waals surface area contributed by atoms with Crippen LogP contribution in [0.4, 0.5) is 5.69 Å². The molecule has 2 rings (SSSR count). The van der Waals surface area contributed by atoms with E-state index in [4.69, 9.17) is 11.6 Å². The van der Waals surface area contributed by atoms with Crippen LogP contribution in [0, 0.1) is 12.8 Å². The summed E-state index contributed by atoms with van der Waals surface area (Å²) >= 11 is 5.84. The molecule has 100 valence electrons. The molecule has 1 heterocycles. The minimum Gasteiger partial charge on any atom is -0.326 e. The van der Waals surface area contributed by atoms with Crippen molar-refractivity contribution in [2.24, 2.45) is 5.92 Å². The van der Waals surface area contributed by atoms with E-state index in [0.29, 0.717) is 10.7 Å². The quantitative estimate of drug-likeness (QED) is 0.715. The number of anilines is 1. The molecule has 0 atom stereocenters. The summed E-state index contributed by atoms with van der Waals surface area (Å²) in [4.78, 5) is 34.4. The largest absolute Gasteiger partial charge is 0.326 e. The summed E-state index contributed by atoms with van der Waals surface area (Å²) in [6.07, 6.45) is -0.205. The Morgan fingerprint density at radius 2 is 1.95 bits per heavy atom. The van der Waals surface area contributed by atoms with Gasteiger partial charge in [0.25, 0.3) is 11.8 Å². The van der Waals surface area contributed by atoms with Gasteiger partial charge in [-0.2, -0.15) is 0 Å². The Hall–Kier alpha value is -2.08. The normalized spacial score (nSPS) is 15.1. The highest BCUT2D eigenvalue weighted by atomic mass is 35.5. The Morgan fingerprint density at radius 3 is 2.58 bits per heavy atom. The standard InChI is InChI=1S/C12H12ClN3O3/c1-6-2-3-7(13)4-9(6)14-10(17)5-8-11(18)15-16-12(8)19/h2-4,8H,5H2,1H3,(H,14,17)(H,15,18)(H,16,19). The lowest BCUT2D eigenvalue weighted by molar-refractivity contribution is -0.131. The first-order valence-electron chi connectivity index (χ1n) is 5.63. The number of hydrogen-bond acceptors (Lipinski definition) is 3. The Labute approximate surface area is 114 Å².